The Hall–Kier alpha value is -2.88. The van der Waals surface area contributed by atoms with Crippen LogP contribution in [0.5, 0.6) is 0 Å². The van der Waals surface area contributed by atoms with Crippen molar-refractivity contribution in [1.82, 2.24) is 15.1 Å². The van der Waals surface area contributed by atoms with E-state index in [1.165, 1.54) is 18.5 Å². The first-order valence-corrected chi connectivity index (χ1v) is 9.15. The Morgan fingerprint density at radius 2 is 2.00 bits per heavy atom. The van der Waals surface area contributed by atoms with Crippen LogP contribution in [0.1, 0.15) is 11.4 Å². The van der Waals surface area contributed by atoms with Crippen LogP contribution in [0, 0.1) is 24.0 Å². The van der Waals surface area contributed by atoms with Crippen molar-refractivity contribution >= 4 is 29.3 Å². The van der Waals surface area contributed by atoms with Gasteiger partial charge in [-0.15, -0.1) is 11.8 Å². The molecule has 0 unspecified atom stereocenters. The van der Waals surface area contributed by atoms with Gasteiger partial charge in [0.05, 0.1) is 4.92 Å². The number of benzene rings is 1. The molecular weight excluding hydrogens is 372 g/mol. The first-order chi connectivity index (χ1) is 12.9. The van der Waals surface area contributed by atoms with Gasteiger partial charge >= 0.3 is 11.7 Å². The summed E-state index contributed by atoms with van der Waals surface area (Å²) < 4.78 is 6.10. The largest absolute Gasteiger partial charge is 0.454 e. The normalized spacial score (nSPS) is 10.4. The van der Waals surface area contributed by atoms with Gasteiger partial charge in [0.25, 0.3) is 5.91 Å². The molecule has 0 aliphatic heterocycles. The van der Waals surface area contributed by atoms with E-state index >= 15 is 0 Å². The van der Waals surface area contributed by atoms with Crippen LogP contribution in [0.3, 0.4) is 0 Å². The lowest BCUT2D eigenvalue weighted by molar-refractivity contribution is -0.386. The number of nitro groups is 1. The van der Waals surface area contributed by atoms with E-state index in [0.29, 0.717) is 12.3 Å². The molecule has 0 saturated heterocycles. The van der Waals surface area contributed by atoms with Crippen molar-refractivity contribution in [1.29, 1.82) is 0 Å². The van der Waals surface area contributed by atoms with Crippen molar-refractivity contribution in [3.63, 3.8) is 0 Å². The zero-order chi connectivity index (χ0) is 19.8. The van der Waals surface area contributed by atoms with Crippen LogP contribution in [-0.2, 0) is 20.9 Å². The molecule has 10 heteroatoms. The van der Waals surface area contributed by atoms with Gasteiger partial charge in [-0.3, -0.25) is 24.4 Å². The first-order valence-electron chi connectivity index (χ1n) is 8.17. The maximum Gasteiger partial charge on any atom is 0.328 e. The van der Waals surface area contributed by atoms with Crippen molar-refractivity contribution < 1.29 is 19.2 Å². The number of nitrogens with zero attached hydrogens (tertiary/aromatic N) is 3. The number of carbonyl (C=O) groups is 2. The summed E-state index contributed by atoms with van der Waals surface area (Å²) in [6.07, 6.45) is 0. The Kier molecular flexibility index (Phi) is 7.35. The molecule has 27 heavy (non-hydrogen) atoms. The summed E-state index contributed by atoms with van der Waals surface area (Å²) in [6, 6.07) is 9.79. The van der Waals surface area contributed by atoms with E-state index in [1.807, 2.05) is 30.3 Å². The molecule has 9 nitrogen and oxygen atoms in total. The molecule has 0 bridgehead atoms. The quantitative estimate of drug-likeness (QED) is 0.228. The van der Waals surface area contributed by atoms with Gasteiger partial charge < -0.3 is 10.1 Å². The highest BCUT2D eigenvalue weighted by Gasteiger charge is 2.23. The molecule has 0 fully saturated rings. The molecule has 0 aliphatic carbocycles. The third-order valence-corrected chi connectivity index (χ3v) is 4.62. The predicted octanol–water partition coefficient (Wildman–Crippen LogP) is 1.86. The molecule has 0 saturated carbocycles. The van der Waals surface area contributed by atoms with Gasteiger partial charge in [0.15, 0.2) is 6.61 Å². The minimum absolute atomic E-state index is 0.128. The van der Waals surface area contributed by atoms with Crippen LogP contribution in [0.4, 0.5) is 5.69 Å². The van der Waals surface area contributed by atoms with E-state index in [2.05, 4.69) is 10.4 Å². The van der Waals surface area contributed by atoms with Gasteiger partial charge in [-0.25, -0.2) is 0 Å². The van der Waals surface area contributed by atoms with Crippen molar-refractivity contribution in [3.05, 3.63) is 51.8 Å². The SMILES string of the molecule is Cc1nn(CC(=O)OCC(=O)NCCSc2ccccc2)c(C)c1[N+](=O)[O-]. The van der Waals surface area contributed by atoms with E-state index in [0.717, 1.165) is 4.90 Å². The molecule has 0 radical (unpaired) electrons. The first kappa shape index (κ1) is 20.4. The highest BCUT2D eigenvalue weighted by atomic mass is 32.2. The number of esters is 1. The summed E-state index contributed by atoms with van der Waals surface area (Å²) >= 11 is 1.61. The Morgan fingerprint density at radius 1 is 1.30 bits per heavy atom. The zero-order valence-corrected chi connectivity index (χ0v) is 15.8. The zero-order valence-electron chi connectivity index (χ0n) is 15.0. The third-order valence-electron chi connectivity index (χ3n) is 3.61. The van der Waals surface area contributed by atoms with Gasteiger partial charge in [0, 0.05) is 17.2 Å². The molecule has 0 spiro atoms. The average Bonchev–Trinajstić information content (AvgIpc) is 2.91. The van der Waals surface area contributed by atoms with E-state index in [1.54, 1.807) is 11.8 Å². The molecule has 1 aromatic carbocycles. The second-order valence-electron chi connectivity index (χ2n) is 5.61. The number of hydrogen-bond acceptors (Lipinski definition) is 7. The summed E-state index contributed by atoms with van der Waals surface area (Å²) in [7, 11) is 0. The molecular formula is C17H20N4O5S. The lowest BCUT2D eigenvalue weighted by Crippen LogP contribution is -2.31. The Bertz CT molecular complexity index is 822. The molecule has 144 valence electrons. The Labute approximate surface area is 160 Å². The van der Waals surface area contributed by atoms with Crippen LogP contribution in [-0.4, -0.2) is 45.5 Å². The maximum atomic E-state index is 11.8. The Balaban J connectivity index is 1.70. The van der Waals surface area contributed by atoms with Crippen LogP contribution < -0.4 is 5.32 Å². The van der Waals surface area contributed by atoms with E-state index in [9.17, 15) is 19.7 Å². The fourth-order valence-corrected chi connectivity index (χ4v) is 3.14. The number of amides is 1. The number of hydrogen-bond donors (Lipinski definition) is 1. The van der Waals surface area contributed by atoms with Crippen LogP contribution in [0.2, 0.25) is 0 Å². The number of thioether (sulfide) groups is 1. The van der Waals surface area contributed by atoms with Gasteiger partial charge in [0.2, 0.25) is 0 Å². The number of nitrogens with one attached hydrogen (secondary N) is 1. The van der Waals surface area contributed by atoms with Gasteiger partial charge in [-0.1, -0.05) is 18.2 Å². The smallest absolute Gasteiger partial charge is 0.328 e. The molecule has 1 heterocycles. The fourth-order valence-electron chi connectivity index (χ4n) is 2.35. The lowest BCUT2D eigenvalue weighted by Gasteiger charge is -2.07. The highest BCUT2D eigenvalue weighted by molar-refractivity contribution is 7.99. The van der Waals surface area contributed by atoms with Crippen molar-refractivity contribution in [2.75, 3.05) is 18.9 Å². The molecule has 2 aromatic rings. The molecule has 0 aliphatic rings. The van der Waals surface area contributed by atoms with E-state index in [-0.39, 0.29) is 23.6 Å². The lowest BCUT2D eigenvalue weighted by atomic mass is 10.3. The van der Waals surface area contributed by atoms with Gasteiger partial charge in [-0.2, -0.15) is 5.10 Å². The summed E-state index contributed by atoms with van der Waals surface area (Å²) in [5.41, 5.74) is 0.354. The monoisotopic (exact) mass is 392 g/mol. The molecule has 1 amide bonds. The standard InChI is InChI=1S/C17H20N4O5S/c1-12-17(21(24)25)13(2)20(19-12)10-16(23)26-11-15(22)18-8-9-27-14-6-4-3-5-7-14/h3-7H,8-11H2,1-2H3,(H,18,22). The second-order valence-corrected chi connectivity index (χ2v) is 6.77. The number of aromatic nitrogens is 2. The van der Waals surface area contributed by atoms with Crippen LogP contribution in [0.15, 0.2) is 35.2 Å². The number of carbonyl (C=O) groups excluding carboxylic acids is 2. The minimum Gasteiger partial charge on any atom is -0.454 e. The van der Waals surface area contributed by atoms with E-state index in [4.69, 9.17) is 4.74 Å². The summed E-state index contributed by atoms with van der Waals surface area (Å²) in [5, 5.41) is 17.6. The third kappa shape index (κ3) is 6.10. The second kappa shape index (κ2) is 9.72. The van der Waals surface area contributed by atoms with Gasteiger partial charge in [0.1, 0.15) is 17.9 Å². The number of ether oxygens (including phenoxy) is 1. The maximum absolute atomic E-state index is 11.8. The number of aryl methyl sites for hydroxylation is 1. The molecule has 2 rings (SSSR count). The predicted molar refractivity (Wildman–Crippen MR) is 99.5 cm³/mol. The summed E-state index contributed by atoms with van der Waals surface area (Å²) in [6.45, 7) is 2.74. The molecule has 0 atom stereocenters. The molecule has 1 aromatic heterocycles. The van der Waals surface area contributed by atoms with Crippen LogP contribution in [0.25, 0.3) is 0 Å². The fraction of sp³-hybridized carbons (Fsp3) is 0.353. The summed E-state index contributed by atoms with van der Waals surface area (Å²) in [5.74, 6) is -0.403. The Morgan fingerprint density at radius 3 is 2.63 bits per heavy atom. The molecule has 1 N–H and O–H groups in total. The van der Waals surface area contributed by atoms with Crippen molar-refractivity contribution in [2.24, 2.45) is 0 Å². The average molecular weight is 392 g/mol. The van der Waals surface area contributed by atoms with Crippen LogP contribution >= 0.6 is 11.8 Å². The van der Waals surface area contributed by atoms with Crippen molar-refractivity contribution in [2.45, 2.75) is 25.3 Å². The van der Waals surface area contributed by atoms with E-state index < -0.39 is 23.4 Å². The minimum atomic E-state index is -0.690. The summed E-state index contributed by atoms with van der Waals surface area (Å²) in [4.78, 5) is 35.1. The topological polar surface area (TPSA) is 116 Å². The highest BCUT2D eigenvalue weighted by Crippen LogP contribution is 2.21. The van der Waals surface area contributed by atoms with Gasteiger partial charge in [-0.05, 0) is 26.0 Å². The number of rotatable bonds is 9. The van der Waals surface area contributed by atoms with Crippen molar-refractivity contribution in [3.8, 4) is 0 Å².